The van der Waals surface area contributed by atoms with E-state index in [4.69, 9.17) is 5.11 Å². The molecule has 1 atom stereocenters. The molecule has 1 unspecified atom stereocenters. The predicted molar refractivity (Wildman–Crippen MR) is 77.1 cm³/mol. The maximum Gasteiger partial charge on any atom is 0.326 e. The van der Waals surface area contributed by atoms with Crippen LogP contribution in [-0.2, 0) is 4.79 Å². The van der Waals surface area contributed by atoms with Gasteiger partial charge >= 0.3 is 5.97 Å². The van der Waals surface area contributed by atoms with Crippen LogP contribution >= 0.6 is 22.7 Å². The van der Waals surface area contributed by atoms with Crippen LogP contribution < -0.4 is 0 Å². The Morgan fingerprint density at radius 1 is 1.40 bits per heavy atom. The zero-order valence-corrected chi connectivity index (χ0v) is 12.1. The van der Waals surface area contributed by atoms with E-state index in [0.717, 1.165) is 16.3 Å². The third kappa shape index (κ3) is 2.34. The van der Waals surface area contributed by atoms with Crippen molar-refractivity contribution >= 4 is 34.6 Å². The Hall–Kier alpha value is -1.73. The molecule has 7 heteroatoms. The summed E-state index contributed by atoms with van der Waals surface area (Å²) in [6.07, 6.45) is 1.24. The molecule has 3 heterocycles. The molecule has 1 amide bonds. The van der Waals surface area contributed by atoms with Crippen molar-refractivity contribution in [3.63, 3.8) is 0 Å². The summed E-state index contributed by atoms with van der Waals surface area (Å²) < 4.78 is 0. The molecule has 1 fully saturated rings. The Labute approximate surface area is 123 Å². The van der Waals surface area contributed by atoms with Gasteiger partial charge in [-0.1, -0.05) is 6.07 Å². The molecule has 1 saturated heterocycles. The number of carboxylic acids is 1. The lowest BCUT2D eigenvalue weighted by atomic mass is 10.2. The normalized spacial score (nSPS) is 18.4. The van der Waals surface area contributed by atoms with Crippen LogP contribution in [0.15, 0.2) is 22.9 Å². The highest BCUT2D eigenvalue weighted by molar-refractivity contribution is 7.20. The molecule has 104 valence electrons. The van der Waals surface area contributed by atoms with Crippen molar-refractivity contribution in [2.45, 2.75) is 18.9 Å². The highest BCUT2D eigenvalue weighted by Gasteiger charge is 2.35. The van der Waals surface area contributed by atoms with E-state index in [1.807, 2.05) is 17.5 Å². The third-order valence-corrected chi connectivity index (χ3v) is 5.14. The van der Waals surface area contributed by atoms with Crippen LogP contribution in [0.25, 0.3) is 9.88 Å². The highest BCUT2D eigenvalue weighted by atomic mass is 32.1. The van der Waals surface area contributed by atoms with Gasteiger partial charge in [-0.3, -0.25) is 4.79 Å². The molecule has 20 heavy (non-hydrogen) atoms. The number of carbonyl (C=O) groups is 2. The van der Waals surface area contributed by atoms with Gasteiger partial charge in [0.15, 0.2) is 0 Å². The summed E-state index contributed by atoms with van der Waals surface area (Å²) >= 11 is 2.98. The van der Waals surface area contributed by atoms with Gasteiger partial charge in [0.05, 0.1) is 4.88 Å². The maximum absolute atomic E-state index is 12.4. The van der Waals surface area contributed by atoms with Crippen molar-refractivity contribution < 1.29 is 14.7 Å². The number of aliphatic carboxylic acids is 1. The minimum atomic E-state index is -0.940. The van der Waals surface area contributed by atoms with Crippen molar-refractivity contribution in [1.82, 2.24) is 9.88 Å². The van der Waals surface area contributed by atoms with E-state index in [0.29, 0.717) is 18.7 Å². The first-order chi connectivity index (χ1) is 9.66. The summed E-state index contributed by atoms with van der Waals surface area (Å²) in [6, 6.07) is 3.17. The van der Waals surface area contributed by atoms with E-state index in [-0.39, 0.29) is 5.91 Å². The first kappa shape index (κ1) is 13.3. The Balaban J connectivity index is 1.83. The van der Waals surface area contributed by atoms with Gasteiger partial charge in [-0.05, 0) is 24.3 Å². The number of thiophene rings is 1. The van der Waals surface area contributed by atoms with Crippen molar-refractivity contribution in [3.05, 3.63) is 28.6 Å². The molecule has 3 rings (SSSR count). The fourth-order valence-corrected chi connectivity index (χ4v) is 3.91. The summed E-state index contributed by atoms with van der Waals surface area (Å²) in [5.74, 6) is -1.22. The van der Waals surface area contributed by atoms with Gasteiger partial charge in [-0.25, -0.2) is 9.78 Å². The lowest BCUT2D eigenvalue weighted by Crippen LogP contribution is -2.40. The largest absolute Gasteiger partial charge is 0.480 e. The van der Waals surface area contributed by atoms with E-state index in [1.54, 1.807) is 16.7 Å². The predicted octanol–water partition coefficient (Wildman–Crippen LogP) is 2.56. The van der Waals surface area contributed by atoms with Gasteiger partial charge in [-0.2, -0.15) is 0 Å². The highest BCUT2D eigenvalue weighted by Crippen LogP contribution is 2.29. The van der Waals surface area contributed by atoms with Crippen LogP contribution in [0.2, 0.25) is 0 Å². The van der Waals surface area contributed by atoms with Crippen molar-refractivity contribution in [3.8, 4) is 9.88 Å². The van der Waals surface area contributed by atoms with E-state index < -0.39 is 12.0 Å². The molecule has 0 radical (unpaired) electrons. The maximum atomic E-state index is 12.4. The van der Waals surface area contributed by atoms with Crippen molar-refractivity contribution in [2.24, 2.45) is 0 Å². The van der Waals surface area contributed by atoms with E-state index in [9.17, 15) is 9.59 Å². The topological polar surface area (TPSA) is 70.5 Å². The second kappa shape index (κ2) is 5.34. The van der Waals surface area contributed by atoms with E-state index in [1.165, 1.54) is 16.2 Å². The van der Waals surface area contributed by atoms with Crippen LogP contribution in [0.5, 0.6) is 0 Å². The lowest BCUT2D eigenvalue weighted by Gasteiger charge is -2.20. The van der Waals surface area contributed by atoms with Crippen LogP contribution in [0, 0.1) is 0 Å². The fraction of sp³-hybridized carbons (Fsp3) is 0.308. The van der Waals surface area contributed by atoms with Crippen molar-refractivity contribution in [1.29, 1.82) is 0 Å². The number of nitrogens with zero attached hydrogens (tertiary/aromatic N) is 2. The number of hydrogen-bond acceptors (Lipinski definition) is 5. The molecular weight excluding hydrogens is 296 g/mol. The summed E-state index contributed by atoms with van der Waals surface area (Å²) in [4.78, 5) is 30.3. The Bertz CT molecular complexity index is 636. The van der Waals surface area contributed by atoms with Gasteiger partial charge in [0.2, 0.25) is 0 Å². The Kier molecular flexibility index (Phi) is 3.54. The first-order valence-electron chi connectivity index (χ1n) is 6.20. The fourth-order valence-electron chi connectivity index (χ4n) is 2.30. The number of carboxylic acid groups (broad SMARTS) is 1. The third-order valence-electron chi connectivity index (χ3n) is 3.25. The van der Waals surface area contributed by atoms with Gasteiger partial charge in [-0.15, -0.1) is 22.7 Å². The molecule has 1 aliphatic rings. The molecule has 0 spiro atoms. The molecular formula is C13H12N2O3S2. The molecule has 2 aromatic rings. The molecule has 1 aliphatic heterocycles. The average Bonchev–Trinajstić information content (AvgIpc) is 3.17. The van der Waals surface area contributed by atoms with Crippen molar-refractivity contribution in [2.75, 3.05) is 6.54 Å². The van der Waals surface area contributed by atoms with Gasteiger partial charge in [0.1, 0.15) is 16.7 Å². The van der Waals surface area contributed by atoms with Crippen LogP contribution in [0.4, 0.5) is 0 Å². The summed E-state index contributed by atoms with van der Waals surface area (Å²) in [5, 5.41) is 13.6. The lowest BCUT2D eigenvalue weighted by molar-refractivity contribution is -0.141. The summed E-state index contributed by atoms with van der Waals surface area (Å²) in [5.41, 5.74) is 0.339. The monoisotopic (exact) mass is 308 g/mol. The zero-order valence-electron chi connectivity index (χ0n) is 10.5. The van der Waals surface area contributed by atoms with Crippen LogP contribution in [0.3, 0.4) is 0 Å². The number of hydrogen-bond donors (Lipinski definition) is 1. The quantitative estimate of drug-likeness (QED) is 0.946. The minimum Gasteiger partial charge on any atom is -0.480 e. The van der Waals surface area contributed by atoms with Gasteiger partial charge in [0, 0.05) is 11.9 Å². The minimum absolute atomic E-state index is 0.283. The standard InChI is InChI=1S/C13H12N2O3S2/c16-12(15-5-1-3-9(15)13(17)18)8-7-20-11(14-8)10-4-2-6-19-10/h2,4,6-7,9H,1,3,5H2,(H,17,18). The van der Waals surface area contributed by atoms with E-state index in [2.05, 4.69) is 4.98 Å². The molecule has 1 N–H and O–H groups in total. The number of aromatic nitrogens is 1. The zero-order chi connectivity index (χ0) is 14.1. The summed E-state index contributed by atoms with van der Waals surface area (Å²) in [6.45, 7) is 0.488. The number of carbonyl (C=O) groups excluding carboxylic acids is 1. The Morgan fingerprint density at radius 3 is 2.95 bits per heavy atom. The molecule has 0 saturated carbocycles. The number of amides is 1. The Morgan fingerprint density at radius 2 is 2.25 bits per heavy atom. The molecule has 0 bridgehead atoms. The molecule has 2 aromatic heterocycles. The van der Waals surface area contributed by atoms with Crippen LogP contribution in [0.1, 0.15) is 23.3 Å². The number of rotatable bonds is 3. The number of thiazole rings is 1. The average molecular weight is 308 g/mol. The summed E-state index contributed by atoms with van der Waals surface area (Å²) in [7, 11) is 0. The van der Waals surface area contributed by atoms with Gasteiger partial charge < -0.3 is 10.0 Å². The van der Waals surface area contributed by atoms with E-state index >= 15 is 0 Å². The molecule has 0 aromatic carbocycles. The van der Waals surface area contributed by atoms with Gasteiger partial charge in [0.25, 0.3) is 5.91 Å². The SMILES string of the molecule is O=C(O)C1CCCN1C(=O)c1csc(-c2cccs2)n1. The number of likely N-dealkylation sites (tertiary alicyclic amines) is 1. The first-order valence-corrected chi connectivity index (χ1v) is 7.96. The van der Waals surface area contributed by atoms with Crippen LogP contribution in [-0.4, -0.2) is 39.5 Å². The molecule has 5 nitrogen and oxygen atoms in total. The molecule has 0 aliphatic carbocycles. The smallest absolute Gasteiger partial charge is 0.326 e. The second-order valence-electron chi connectivity index (χ2n) is 4.51. The second-order valence-corrected chi connectivity index (χ2v) is 6.32.